The van der Waals surface area contributed by atoms with Gasteiger partial charge >= 0.3 is 0 Å². The SMILES string of the molecule is Cc1ccc(S(=O)(=O)N(CC(=O)N(C)c2ccc(F)cc2)Cc2ccc(Cl)cc2Cl)cc1. The number of hydrogen-bond acceptors (Lipinski definition) is 3. The van der Waals surface area contributed by atoms with Gasteiger partial charge in [-0.3, -0.25) is 4.79 Å². The number of rotatable bonds is 7. The molecule has 0 fully saturated rings. The Bertz CT molecular complexity index is 1220. The lowest BCUT2D eigenvalue weighted by molar-refractivity contribution is -0.118. The summed E-state index contributed by atoms with van der Waals surface area (Å²) in [5.41, 5.74) is 1.85. The van der Waals surface area contributed by atoms with E-state index in [-0.39, 0.29) is 11.4 Å². The van der Waals surface area contributed by atoms with Crippen molar-refractivity contribution in [3.05, 3.63) is 93.7 Å². The fourth-order valence-corrected chi connectivity index (χ4v) is 4.83. The van der Waals surface area contributed by atoms with Gasteiger partial charge in [-0.25, -0.2) is 12.8 Å². The quantitative estimate of drug-likeness (QED) is 0.448. The Labute approximate surface area is 197 Å². The maximum absolute atomic E-state index is 13.4. The molecule has 0 aromatic heterocycles. The van der Waals surface area contributed by atoms with E-state index in [1.54, 1.807) is 24.3 Å². The molecule has 32 heavy (non-hydrogen) atoms. The van der Waals surface area contributed by atoms with Crippen LogP contribution in [0.1, 0.15) is 11.1 Å². The Morgan fingerprint density at radius 1 is 0.969 bits per heavy atom. The van der Waals surface area contributed by atoms with Crippen molar-refractivity contribution in [1.29, 1.82) is 0 Å². The number of sulfonamides is 1. The van der Waals surface area contributed by atoms with Crippen molar-refractivity contribution < 1.29 is 17.6 Å². The molecular formula is C23H21Cl2FN2O3S. The highest BCUT2D eigenvalue weighted by Gasteiger charge is 2.29. The molecule has 0 bridgehead atoms. The third kappa shape index (κ3) is 5.66. The maximum atomic E-state index is 13.4. The van der Waals surface area contributed by atoms with Crippen LogP contribution in [0.3, 0.4) is 0 Å². The molecule has 0 unspecified atom stereocenters. The molecule has 0 saturated heterocycles. The molecule has 0 heterocycles. The van der Waals surface area contributed by atoms with E-state index in [1.165, 1.54) is 54.4 Å². The monoisotopic (exact) mass is 494 g/mol. The Kier molecular flexibility index (Phi) is 7.56. The van der Waals surface area contributed by atoms with Gasteiger partial charge in [0, 0.05) is 29.3 Å². The minimum Gasteiger partial charge on any atom is -0.314 e. The normalized spacial score (nSPS) is 11.6. The predicted molar refractivity (Wildman–Crippen MR) is 125 cm³/mol. The van der Waals surface area contributed by atoms with Gasteiger partial charge in [-0.15, -0.1) is 0 Å². The fraction of sp³-hybridized carbons (Fsp3) is 0.174. The Morgan fingerprint density at radius 3 is 2.19 bits per heavy atom. The van der Waals surface area contributed by atoms with E-state index in [2.05, 4.69) is 0 Å². The van der Waals surface area contributed by atoms with Crippen molar-refractivity contribution in [3.63, 3.8) is 0 Å². The second-order valence-corrected chi connectivity index (χ2v) is 10.0. The molecule has 0 spiro atoms. The van der Waals surface area contributed by atoms with E-state index < -0.39 is 28.3 Å². The highest BCUT2D eigenvalue weighted by Crippen LogP contribution is 2.26. The molecule has 0 N–H and O–H groups in total. The van der Waals surface area contributed by atoms with E-state index in [0.29, 0.717) is 21.3 Å². The first-order valence-corrected chi connectivity index (χ1v) is 11.8. The zero-order valence-electron chi connectivity index (χ0n) is 17.4. The summed E-state index contributed by atoms with van der Waals surface area (Å²) in [7, 11) is -2.52. The Morgan fingerprint density at radius 2 is 1.59 bits per heavy atom. The lowest BCUT2D eigenvalue weighted by Crippen LogP contribution is -2.41. The minimum absolute atomic E-state index is 0.0606. The average molecular weight is 495 g/mol. The first kappa shape index (κ1) is 24.2. The van der Waals surface area contributed by atoms with Crippen LogP contribution in [0, 0.1) is 12.7 Å². The molecule has 0 aliphatic carbocycles. The van der Waals surface area contributed by atoms with Crippen LogP contribution in [-0.2, 0) is 21.4 Å². The second-order valence-electron chi connectivity index (χ2n) is 7.25. The zero-order chi connectivity index (χ0) is 23.5. The van der Waals surface area contributed by atoms with Crippen molar-refractivity contribution in [1.82, 2.24) is 4.31 Å². The molecule has 1 amide bonds. The standard InChI is InChI=1S/C23H21Cl2FN2O3S/c1-16-3-11-21(12-4-16)32(30,31)28(14-17-5-6-18(24)13-22(17)25)15-23(29)27(2)20-9-7-19(26)8-10-20/h3-13H,14-15H2,1-2H3. The highest BCUT2D eigenvalue weighted by molar-refractivity contribution is 7.89. The van der Waals surface area contributed by atoms with Gasteiger partial charge in [0.05, 0.1) is 11.4 Å². The summed E-state index contributed by atoms with van der Waals surface area (Å²) in [6.45, 7) is 1.28. The maximum Gasteiger partial charge on any atom is 0.243 e. The lowest BCUT2D eigenvalue weighted by atomic mass is 10.2. The van der Waals surface area contributed by atoms with Gasteiger partial charge < -0.3 is 4.90 Å². The molecule has 3 aromatic rings. The van der Waals surface area contributed by atoms with Gasteiger partial charge in [0.1, 0.15) is 5.82 Å². The fourth-order valence-electron chi connectivity index (χ4n) is 2.99. The number of amides is 1. The van der Waals surface area contributed by atoms with E-state index >= 15 is 0 Å². The van der Waals surface area contributed by atoms with Gasteiger partial charge in [0.15, 0.2) is 0 Å². The third-order valence-electron chi connectivity index (χ3n) is 4.92. The van der Waals surface area contributed by atoms with Gasteiger partial charge in [-0.05, 0) is 61.0 Å². The van der Waals surface area contributed by atoms with Gasteiger partial charge in [-0.1, -0.05) is 47.0 Å². The summed E-state index contributed by atoms with van der Waals surface area (Å²) >= 11 is 12.2. The van der Waals surface area contributed by atoms with Crippen molar-refractivity contribution >= 4 is 44.8 Å². The molecule has 3 aromatic carbocycles. The largest absolute Gasteiger partial charge is 0.314 e. The number of nitrogens with zero attached hydrogens (tertiary/aromatic N) is 2. The zero-order valence-corrected chi connectivity index (χ0v) is 19.8. The minimum atomic E-state index is -4.03. The molecule has 0 atom stereocenters. The number of carbonyl (C=O) groups is 1. The molecule has 5 nitrogen and oxygen atoms in total. The number of likely N-dealkylation sites (N-methyl/N-ethyl adjacent to an activating group) is 1. The summed E-state index contributed by atoms with van der Waals surface area (Å²) in [4.78, 5) is 14.3. The van der Waals surface area contributed by atoms with Crippen LogP contribution >= 0.6 is 23.2 Å². The summed E-state index contributed by atoms with van der Waals surface area (Å²) < 4.78 is 41.1. The smallest absolute Gasteiger partial charge is 0.243 e. The van der Waals surface area contributed by atoms with Crippen LogP contribution in [0.2, 0.25) is 10.0 Å². The van der Waals surface area contributed by atoms with Crippen LogP contribution in [-0.4, -0.2) is 32.2 Å². The predicted octanol–water partition coefficient (Wildman–Crippen LogP) is 5.29. The van der Waals surface area contributed by atoms with E-state index in [4.69, 9.17) is 23.2 Å². The summed E-state index contributed by atoms with van der Waals surface area (Å²) in [5.74, 6) is -0.923. The van der Waals surface area contributed by atoms with E-state index in [0.717, 1.165) is 9.87 Å². The van der Waals surface area contributed by atoms with Gasteiger partial charge in [0.2, 0.25) is 15.9 Å². The molecule has 9 heteroatoms. The van der Waals surface area contributed by atoms with Crippen molar-refractivity contribution in [2.24, 2.45) is 0 Å². The van der Waals surface area contributed by atoms with Gasteiger partial charge in [0.25, 0.3) is 0 Å². The van der Waals surface area contributed by atoms with Crippen molar-refractivity contribution in [3.8, 4) is 0 Å². The first-order chi connectivity index (χ1) is 15.1. The number of benzene rings is 3. The summed E-state index contributed by atoms with van der Waals surface area (Å²) in [6, 6.07) is 16.5. The number of halogens is 3. The van der Waals surface area contributed by atoms with Crippen molar-refractivity contribution in [2.45, 2.75) is 18.4 Å². The highest BCUT2D eigenvalue weighted by atomic mass is 35.5. The third-order valence-corrected chi connectivity index (χ3v) is 7.31. The van der Waals surface area contributed by atoms with Crippen LogP contribution in [0.5, 0.6) is 0 Å². The lowest BCUT2D eigenvalue weighted by Gasteiger charge is -2.25. The van der Waals surface area contributed by atoms with Crippen LogP contribution in [0.25, 0.3) is 0 Å². The summed E-state index contributed by atoms with van der Waals surface area (Å²) in [5, 5.41) is 0.708. The van der Waals surface area contributed by atoms with Crippen molar-refractivity contribution in [2.75, 3.05) is 18.5 Å². The van der Waals surface area contributed by atoms with Crippen LogP contribution in [0.15, 0.2) is 71.6 Å². The average Bonchev–Trinajstić information content (AvgIpc) is 2.75. The topological polar surface area (TPSA) is 57.7 Å². The summed E-state index contributed by atoms with van der Waals surface area (Å²) in [6.07, 6.45) is 0. The molecule has 3 rings (SSSR count). The number of anilines is 1. The molecule has 0 saturated carbocycles. The molecular weight excluding hydrogens is 474 g/mol. The molecule has 0 aliphatic heterocycles. The molecule has 0 radical (unpaired) electrons. The van der Waals surface area contributed by atoms with Crippen LogP contribution in [0.4, 0.5) is 10.1 Å². The Hall–Kier alpha value is -2.45. The number of hydrogen-bond donors (Lipinski definition) is 0. The van der Waals surface area contributed by atoms with E-state index in [9.17, 15) is 17.6 Å². The number of aryl methyl sites for hydroxylation is 1. The van der Waals surface area contributed by atoms with Gasteiger partial charge in [-0.2, -0.15) is 4.31 Å². The first-order valence-electron chi connectivity index (χ1n) is 9.61. The van der Waals surface area contributed by atoms with E-state index in [1.807, 2.05) is 6.92 Å². The van der Waals surface area contributed by atoms with Crippen LogP contribution < -0.4 is 4.90 Å². The second kappa shape index (κ2) is 10.0. The Balaban J connectivity index is 1.94. The molecule has 168 valence electrons. The number of carbonyl (C=O) groups excluding carboxylic acids is 1. The molecule has 0 aliphatic rings.